The number of fused-ring (bicyclic) bond motifs is 1. The monoisotopic (exact) mass is 344 g/mol. The summed E-state index contributed by atoms with van der Waals surface area (Å²) < 4.78 is 15.4. The molecule has 0 unspecified atom stereocenters. The van der Waals surface area contributed by atoms with Gasteiger partial charge in [0, 0.05) is 24.6 Å². The van der Waals surface area contributed by atoms with E-state index < -0.39 is 5.91 Å². The molecule has 130 valence electrons. The van der Waals surface area contributed by atoms with Crippen molar-refractivity contribution in [3.63, 3.8) is 0 Å². The third-order valence-corrected chi connectivity index (χ3v) is 3.55. The van der Waals surface area contributed by atoms with Gasteiger partial charge in [0.2, 0.25) is 12.7 Å². The highest BCUT2D eigenvalue weighted by molar-refractivity contribution is 6.04. The summed E-state index contributed by atoms with van der Waals surface area (Å²) in [7, 11) is 0. The molecule has 2 N–H and O–H groups in total. The molecule has 3 rings (SSSR count). The lowest BCUT2D eigenvalue weighted by atomic mass is 10.1. The lowest BCUT2D eigenvalue weighted by Crippen LogP contribution is -2.27. The van der Waals surface area contributed by atoms with Gasteiger partial charge in [0.1, 0.15) is 0 Å². The summed E-state index contributed by atoms with van der Waals surface area (Å²) in [5.74, 6) is 0.154. The molecule has 0 fully saturated rings. The number of benzene rings is 1. The van der Waals surface area contributed by atoms with Crippen LogP contribution in [0.5, 0.6) is 11.5 Å². The molecule has 1 aliphatic heterocycles. The quantitative estimate of drug-likeness (QED) is 0.776. The number of nitrogens with one attached hydrogen (secondary N) is 2. The van der Waals surface area contributed by atoms with Crippen molar-refractivity contribution in [2.24, 2.45) is 0 Å². The molecule has 2 heterocycles. The summed E-state index contributed by atoms with van der Waals surface area (Å²) in [6.07, 6.45) is 1.43. The summed E-state index contributed by atoms with van der Waals surface area (Å²) in [4.78, 5) is 35.6. The molecule has 0 spiro atoms. The fourth-order valence-electron chi connectivity index (χ4n) is 2.33. The molecule has 1 aromatic heterocycles. The van der Waals surface area contributed by atoms with E-state index in [4.69, 9.17) is 13.9 Å². The molecule has 8 heteroatoms. The molecule has 0 atom stereocenters. The van der Waals surface area contributed by atoms with Gasteiger partial charge in [-0.2, -0.15) is 0 Å². The van der Waals surface area contributed by atoms with Crippen molar-refractivity contribution in [1.82, 2.24) is 5.32 Å². The average molecular weight is 344 g/mol. The lowest BCUT2D eigenvalue weighted by molar-refractivity contribution is -0.116. The third-order valence-electron chi connectivity index (χ3n) is 3.55. The predicted molar refractivity (Wildman–Crippen MR) is 86.9 cm³/mol. The molecule has 0 aliphatic carbocycles. The van der Waals surface area contributed by atoms with E-state index in [0.717, 1.165) is 0 Å². The van der Waals surface area contributed by atoms with Gasteiger partial charge in [-0.3, -0.25) is 14.4 Å². The van der Waals surface area contributed by atoms with Crippen molar-refractivity contribution in [3.8, 4) is 11.5 Å². The molecule has 25 heavy (non-hydrogen) atoms. The second-order valence-corrected chi connectivity index (χ2v) is 5.34. The SMILES string of the molecule is CC(=O)c1cc2c(cc1NC(=O)CCNC(=O)c1ccco1)OCO2. The summed E-state index contributed by atoms with van der Waals surface area (Å²) >= 11 is 0. The Kier molecular flexibility index (Phi) is 4.69. The highest BCUT2D eigenvalue weighted by Gasteiger charge is 2.20. The Morgan fingerprint density at radius 1 is 1.16 bits per heavy atom. The Labute approximate surface area is 143 Å². The average Bonchev–Trinajstić information content (AvgIpc) is 3.25. The van der Waals surface area contributed by atoms with E-state index in [0.29, 0.717) is 22.7 Å². The number of carbonyl (C=O) groups excluding carboxylic acids is 3. The number of rotatable bonds is 6. The molecular formula is C17H16N2O6. The van der Waals surface area contributed by atoms with Crippen LogP contribution in [0.25, 0.3) is 0 Å². The number of ether oxygens (including phenoxy) is 2. The summed E-state index contributed by atoms with van der Waals surface area (Å²) in [5, 5.41) is 5.24. The first-order valence-corrected chi connectivity index (χ1v) is 7.60. The van der Waals surface area contributed by atoms with Crippen molar-refractivity contribution in [1.29, 1.82) is 0 Å². The largest absolute Gasteiger partial charge is 0.459 e. The normalized spacial score (nSPS) is 11.9. The van der Waals surface area contributed by atoms with Gasteiger partial charge in [0.25, 0.3) is 5.91 Å². The Hall–Kier alpha value is -3.29. The minimum Gasteiger partial charge on any atom is -0.459 e. The van der Waals surface area contributed by atoms with Crippen molar-refractivity contribution < 1.29 is 28.3 Å². The molecule has 0 bridgehead atoms. The first kappa shape index (κ1) is 16.6. The van der Waals surface area contributed by atoms with E-state index >= 15 is 0 Å². The van der Waals surface area contributed by atoms with E-state index in [9.17, 15) is 14.4 Å². The highest BCUT2D eigenvalue weighted by Crippen LogP contribution is 2.37. The van der Waals surface area contributed by atoms with Crippen LogP contribution >= 0.6 is 0 Å². The zero-order chi connectivity index (χ0) is 17.8. The van der Waals surface area contributed by atoms with Gasteiger partial charge in [-0.15, -0.1) is 0 Å². The van der Waals surface area contributed by atoms with Crippen LogP contribution in [-0.4, -0.2) is 30.9 Å². The van der Waals surface area contributed by atoms with Crippen LogP contribution in [0, 0.1) is 0 Å². The maximum atomic E-state index is 12.1. The topological polar surface area (TPSA) is 107 Å². The first-order valence-electron chi connectivity index (χ1n) is 7.60. The van der Waals surface area contributed by atoms with Crippen LogP contribution in [0.1, 0.15) is 34.3 Å². The van der Waals surface area contributed by atoms with E-state index in [-0.39, 0.29) is 37.2 Å². The molecular weight excluding hydrogens is 328 g/mol. The molecule has 8 nitrogen and oxygen atoms in total. The number of hydrogen-bond donors (Lipinski definition) is 2. The molecule has 2 amide bonds. The molecule has 1 aliphatic rings. The zero-order valence-corrected chi connectivity index (χ0v) is 13.5. The van der Waals surface area contributed by atoms with Crippen LogP contribution in [-0.2, 0) is 4.79 Å². The number of Topliss-reactive ketones (excluding diaryl/α,β-unsaturated/α-hetero) is 1. The van der Waals surface area contributed by atoms with Crippen molar-refractivity contribution >= 4 is 23.3 Å². The minimum atomic E-state index is -0.398. The van der Waals surface area contributed by atoms with Crippen molar-refractivity contribution in [2.75, 3.05) is 18.7 Å². The maximum absolute atomic E-state index is 12.1. The van der Waals surface area contributed by atoms with Gasteiger partial charge >= 0.3 is 0 Å². The van der Waals surface area contributed by atoms with Crippen molar-refractivity contribution in [2.45, 2.75) is 13.3 Å². The van der Waals surface area contributed by atoms with Crippen LogP contribution < -0.4 is 20.1 Å². The third kappa shape index (κ3) is 3.79. The second kappa shape index (κ2) is 7.08. The fraction of sp³-hybridized carbons (Fsp3) is 0.235. The summed E-state index contributed by atoms with van der Waals surface area (Å²) in [6, 6.07) is 6.23. The van der Waals surface area contributed by atoms with E-state index in [1.54, 1.807) is 18.2 Å². The van der Waals surface area contributed by atoms with Gasteiger partial charge < -0.3 is 24.5 Å². The summed E-state index contributed by atoms with van der Waals surface area (Å²) in [6.45, 7) is 1.60. The fourth-order valence-corrected chi connectivity index (χ4v) is 2.33. The lowest BCUT2D eigenvalue weighted by Gasteiger charge is -2.11. The Balaban J connectivity index is 1.59. The van der Waals surface area contributed by atoms with Crippen LogP contribution in [0.15, 0.2) is 34.9 Å². The number of furan rings is 1. The van der Waals surface area contributed by atoms with Gasteiger partial charge in [0.05, 0.1) is 12.0 Å². The first-order chi connectivity index (χ1) is 12.0. The number of hydrogen-bond acceptors (Lipinski definition) is 6. The maximum Gasteiger partial charge on any atom is 0.286 e. The zero-order valence-electron chi connectivity index (χ0n) is 13.5. The van der Waals surface area contributed by atoms with E-state index in [1.165, 1.54) is 19.3 Å². The van der Waals surface area contributed by atoms with E-state index in [2.05, 4.69) is 10.6 Å². The minimum absolute atomic E-state index is 0.0399. The Bertz CT molecular complexity index is 813. The van der Waals surface area contributed by atoms with E-state index in [1.807, 2.05) is 0 Å². The molecule has 0 saturated carbocycles. The van der Waals surface area contributed by atoms with Gasteiger partial charge in [-0.1, -0.05) is 0 Å². The second-order valence-electron chi connectivity index (χ2n) is 5.34. The standard InChI is InChI=1S/C17H16N2O6/c1-10(20)11-7-14-15(25-9-24-14)8-12(11)19-16(21)4-5-18-17(22)13-3-2-6-23-13/h2-3,6-8H,4-5,9H2,1H3,(H,18,22)(H,19,21). The smallest absolute Gasteiger partial charge is 0.286 e. The van der Waals surface area contributed by atoms with Crippen molar-refractivity contribution in [3.05, 3.63) is 41.9 Å². The summed E-state index contributed by atoms with van der Waals surface area (Å²) in [5.41, 5.74) is 0.677. The Morgan fingerprint density at radius 3 is 2.60 bits per heavy atom. The predicted octanol–water partition coefficient (Wildman–Crippen LogP) is 1.97. The molecule has 0 radical (unpaired) electrons. The molecule has 1 aromatic carbocycles. The highest BCUT2D eigenvalue weighted by atomic mass is 16.7. The number of anilines is 1. The molecule has 2 aromatic rings. The Morgan fingerprint density at radius 2 is 1.92 bits per heavy atom. The number of ketones is 1. The van der Waals surface area contributed by atoms with Gasteiger partial charge in [0.15, 0.2) is 23.0 Å². The van der Waals surface area contributed by atoms with Gasteiger partial charge in [-0.25, -0.2) is 0 Å². The van der Waals surface area contributed by atoms with Gasteiger partial charge in [-0.05, 0) is 25.1 Å². The van der Waals surface area contributed by atoms with Crippen LogP contribution in [0.2, 0.25) is 0 Å². The molecule has 0 saturated heterocycles. The van der Waals surface area contributed by atoms with Crippen LogP contribution in [0.4, 0.5) is 5.69 Å². The number of carbonyl (C=O) groups is 3. The van der Waals surface area contributed by atoms with Crippen LogP contribution in [0.3, 0.4) is 0 Å². The number of amides is 2.